The molecule has 0 unspecified atom stereocenters. The summed E-state index contributed by atoms with van der Waals surface area (Å²) in [6, 6.07) is 12.2. The number of aliphatic imine (C=N–C) groups is 1. The quantitative estimate of drug-likeness (QED) is 0.315. The number of hydrogen-bond donors (Lipinski definition) is 0. The minimum absolute atomic E-state index is 0.554. The predicted octanol–water partition coefficient (Wildman–Crippen LogP) is 4.00. The minimum atomic E-state index is 0.554. The van der Waals surface area contributed by atoms with Crippen molar-refractivity contribution < 1.29 is 9.47 Å². The first-order chi connectivity index (χ1) is 14.2. The van der Waals surface area contributed by atoms with Crippen LogP contribution in [0.2, 0.25) is 0 Å². The van der Waals surface area contributed by atoms with Gasteiger partial charge < -0.3 is 13.8 Å². The van der Waals surface area contributed by atoms with Crippen LogP contribution in [0.15, 0.2) is 47.6 Å². The molecule has 0 spiro atoms. The van der Waals surface area contributed by atoms with E-state index in [1.165, 1.54) is 5.69 Å². The minimum Gasteiger partial charge on any atom is -0.491 e. The maximum atomic E-state index is 5.74. The lowest BCUT2D eigenvalue weighted by molar-refractivity contribution is 0.0947. The Bertz CT molecular complexity index is 770. The number of benzene rings is 1. The normalized spacial score (nSPS) is 14.8. The molecule has 1 aliphatic rings. The second-order valence-corrected chi connectivity index (χ2v) is 7.95. The Balaban J connectivity index is 1.27. The zero-order valence-corrected chi connectivity index (χ0v) is 18.1. The van der Waals surface area contributed by atoms with Crippen molar-refractivity contribution in [3.8, 4) is 5.75 Å². The van der Waals surface area contributed by atoms with Gasteiger partial charge in [0.2, 0.25) is 0 Å². The summed E-state index contributed by atoms with van der Waals surface area (Å²) in [5.41, 5.74) is 3.35. The highest BCUT2D eigenvalue weighted by Gasteiger charge is 2.21. The summed E-state index contributed by atoms with van der Waals surface area (Å²) in [7, 11) is 0. The second-order valence-electron chi connectivity index (χ2n) is 6.83. The summed E-state index contributed by atoms with van der Waals surface area (Å²) < 4.78 is 16.1. The smallest absolute Gasteiger partial charge is 0.119 e. The van der Waals surface area contributed by atoms with E-state index in [2.05, 4.69) is 37.6 Å². The van der Waals surface area contributed by atoms with Crippen molar-refractivity contribution in [3.63, 3.8) is 0 Å². The van der Waals surface area contributed by atoms with Crippen LogP contribution in [0.3, 0.4) is 0 Å². The highest BCUT2D eigenvalue weighted by molar-refractivity contribution is 7.98. The van der Waals surface area contributed by atoms with Crippen molar-refractivity contribution in [1.82, 2.24) is 9.29 Å². The maximum Gasteiger partial charge on any atom is 0.119 e. The van der Waals surface area contributed by atoms with Gasteiger partial charge in [0.15, 0.2) is 0 Å². The SMILES string of the molecule is CCC/N=C/c1ccc(OCCOCCN2CCN(c3ccnc(C)c3)S2)cc1. The zero-order valence-electron chi connectivity index (χ0n) is 17.3. The van der Waals surface area contributed by atoms with Gasteiger partial charge in [0.1, 0.15) is 12.4 Å². The van der Waals surface area contributed by atoms with Crippen LogP contribution in [-0.2, 0) is 4.74 Å². The van der Waals surface area contributed by atoms with E-state index in [0.29, 0.717) is 19.8 Å². The molecule has 0 amide bonds. The molecule has 1 aromatic heterocycles. The van der Waals surface area contributed by atoms with Gasteiger partial charge >= 0.3 is 0 Å². The molecule has 156 valence electrons. The van der Waals surface area contributed by atoms with Crippen LogP contribution < -0.4 is 9.04 Å². The maximum absolute atomic E-state index is 5.74. The third-order valence-corrected chi connectivity index (χ3v) is 5.58. The Kier molecular flexibility index (Phi) is 8.80. The van der Waals surface area contributed by atoms with Gasteiger partial charge in [0.25, 0.3) is 0 Å². The van der Waals surface area contributed by atoms with Gasteiger partial charge in [-0.05, 0) is 55.3 Å². The predicted molar refractivity (Wildman–Crippen MR) is 121 cm³/mol. The lowest BCUT2D eigenvalue weighted by atomic mass is 10.2. The molecule has 1 aromatic carbocycles. The fourth-order valence-corrected chi connectivity index (χ4v) is 3.84. The van der Waals surface area contributed by atoms with Crippen LogP contribution in [0.5, 0.6) is 5.75 Å². The van der Waals surface area contributed by atoms with Crippen molar-refractivity contribution in [3.05, 3.63) is 53.9 Å². The standard InChI is InChI=1S/C22H30N4O2S/c1-3-9-23-18-20-4-6-22(7-5-20)28-16-15-27-14-13-25-11-12-26(29-25)21-8-10-24-19(2)17-21/h4-8,10,17-18H,3,9,11-16H2,1-2H3/b23-18+. The molecule has 0 atom stereocenters. The summed E-state index contributed by atoms with van der Waals surface area (Å²) in [6.45, 7) is 9.80. The topological polar surface area (TPSA) is 50.2 Å². The number of aromatic nitrogens is 1. The van der Waals surface area contributed by atoms with Crippen molar-refractivity contribution in [2.24, 2.45) is 4.99 Å². The lowest BCUT2D eigenvalue weighted by Gasteiger charge is -2.18. The summed E-state index contributed by atoms with van der Waals surface area (Å²) in [5.74, 6) is 0.861. The number of hydrogen-bond acceptors (Lipinski definition) is 7. The molecule has 3 rings (SSSR count). The molecule has 0 radical (unpaired) electrons. The number of pyridine rings is 1. The third kappa shape index (κ3) is 7.34. The Morgan fingerprint density at radius 2 is 2.00 bits per heavy atom. The van der Waals surface area contributed by atoms with Gasteiger partial charge in [-0.15, -0.1) is 0 Å². The monoisotopic (exact) mass is 414 g/mol. The summed E-state index contributed by atoms with van der Waals surface area (Å²) in [5, 5.41) is 0. The van der Waals surface area contributed by atoms with E-state index in [-0.39, 0.29) is 0 Å². The van der Waals surface area contributed by atoms with Crippen LogP contribution in [0.25, 0.3) is 0 Å². The van der Waals surface area contributed by atoms with Crippen LogP contribution in [0, 0.1) is 6.92 Å². The van der Waals surface area contributed by atoms with Gasteiger partial charge in [-0.2, -0.15) is 0 Å². The number of anilines is 1. The van der Waals surface area contributed by atoms with E-state index in [0.717, 1.165) is 49.6 Å². The highest BCUT2D eigenvalue weighted by Crippen LogP contribution is 2.29. The molecule has 0 N–H and O–H groups in total. The Hall–Kier alpha value is -2.09. The van der Waals surface area contributed by atoms with E-state index >= 15 is 0 Å². The Labute approximate surface area is 178 Å². The van der Waals surface area contributed by atoms with Gasteiger partial charge in [-0.3, -0.25) is 9.98 Å². The average molecular weight is 415 g/mol. The van der Waals surface area contributed by atoms with E-state index in [1.54, 1.807) is 12.1 Å². The number of nitrogens with zero attached hydrogens (tertiary/aromatic N) is 4. The molecule has 1 saturated heterocycles. The van der Waals surface area contributed by atoms with Crippen molar-refractivity contribution >= 4 is 24.0 Å². The molecule has 7 heteroatoms. The lowest BCUT2D eigenvalue weighted by Crippen LogP contribution is -2.20. The van der Waals surface area contributed by atoms with E-state index in [9.17, 15) is 0 Å². The molecular weight excluding hydrogens is 384 g/mol. The molecule has 2 heterocycles. The molecular formula is C22H30N4O2S. The van der Waals surface area contributed by atoms with E-state index in [1.807, 2.05) is 43.6 Å². The summed E-state index contributed by atoms with van der Waals surface area (Å²) in [6.07, 6.45) is 4.84. The van der Waals surface area contributed by atoms with E-state index < -0.39 is 0 Å². The van der Waals surface area contributed by atoms with Gasteiger partial charge in [0, 0.05) is 56.4 Å². The molecule has 0 bridgehead atoms. The largest absolute Gasteiger partial charge is 0.491 e. The Morgan fingerprint density at radius 3 is 2.79 bits per heavy atom. The summed E-state index contributed by atoms with van der Waals surface area (Å²) in [4.78, 5) is 8.61. The van der Waals surface area contributed by atoms with Crippen LogP contribution in [0.4, 0.5) is 5.69 Å². The fraction of sp³-hybridized carbons (Fsp3) is 0.455. The molecule has 2 aromatic rings. The van der Waals surface area contributed by atoms with Crippen LogP contribution in [0.1, 0.15) is 24.6 Å². The van der Waals surface area contributed by atoms with Crippen molar-refractivity contribution in [2.75, 3.05) is 50.3 Å². The second kappa shape index (κ2) is 11.8. The van der Waals surface area contributed by atoms with Crippen LogP contribution >= 0.6 is 12.1 Å². The zero-order chi connectivity index (χ0) is 20.3. The molecule has 1 aliphatic heterocycles. The van der Waals surface area contributed by atoms with Gasteiger partial charge in [-0.25, -0.2) is 4.31 Å². The molecule has 29 heavy (non-hydrogen) atoms. The molecule has 0 saturated carbocycles. The van der Waals surface area contributed by atoms with Crippen molar-refractivity contribution in [1.29, 1.82) is 0 Å². The number of aryl methyl sites for hydroxylation is 1. The van der Waals surface area contributed by atoms with Crippen LogP contribution in [-0.4, -0.2) is 61.5 Å². The van der Waals surface area contributed by atoms with Gasteiger partial charge in [0.05, 0.1) is 18.9 Å². The first-order valence-electron chi connectivity index (χ1n) is 10.2. The van der Waals surface area contributed by atoms with Gasteiger partial charge in [-0.1, -0.05) is 6.92 Å². The fourth-order valence-electron chi connectivity index (χ4n) is 2.87. The van der Waals surface area contributed by atoms with E-state index in [4.69, 9.17) is 9.47 Å². The number of rotatable bonds is 11. The molecule has 0 aliphatic carbocycles. The average Bonchev–Trinajstić information content (AvgIpc) is 3.21. The Morgan fingerprint density at radius 1 is 1.14 bits per heavy atom. The first-order valence-corrected chi connectivity index (χ1v) is 10.9. The third-order valence-electron chi connectivity index (χ3n) is 4.39. The molecule has 6 nitrogen and oxygen atoms in total. The first kappa shape index (κ1) is 21.6. The molecule has 1 fully saturated rings. The summed E-state index contributed by atoms with van der Waals surface area (Å²) >= 11 is 1.76. The number of ether oxygens (including phenoxy) is 2. The van der Waals surface area contributed by atoms with Crippen molar-refractivity contribution in [2.45, 2.75) is 20.3 Å². The highest BCUT2D eigenvalue weighted by atomic mass is 32.2.